The van der Waals surface area contributed by atoms with E-state index in [1.54, 1.807) is 18.2 Å². The van der Waals surface area contributed by atoms with E-state index < -0.39 is 29.9 Å². The summed E-state index contributed by atoms with van der Waals surface area (Å²) in [6.07, 6.45) is -3.84. The van der Waals surface area contributed by atoms with Gasteiger partial charge in [-0.3, -0.25) is 4.79 Å². The van der Waals surface area contributed by atoms with E-state index in [2.05, 4.69) is 4.98 Å². The molecular weight excluding hydrogens is 367 g/mol. The van der Waals surface area contributed by atoms with Gasteiger partial charge in [-0.15, -0.1) is 0 Å². The van der Waals surface area contributed by atoms with Gasteiger partial charge in [-0.25, -0.2) is 4.98 Å². The van der Waals surface area contributed by atoms with Gasteiger partial charge in [0.25, 0.3) is 0 Å². The van der Waals surface area contributed by atoms with Crippen molar-refractivity contribution in [1.29, 1.82) is 0 Å². The SMILES string of the molecule is CN(Cc1ccc2c(c1)OCO2)C(=O)C[C@](O)(c1nccn1C)C(F)(F)F. The second-order valence-corrected chi connectivity index (χ2v) is 6.33. The predicted octanol–water partition coefficient (Wildman–Crippen LogP) is 1.95. The minimum atomic E-state index is -5.07. The van der Waals surface area contributed by atoms with Crippen LogP contribution < -0.4 is 9.47 Å². The van der Waals surface area contributed by atoms with E-state index in [1.807, 2.05) is 0 Å². The first-order chi connectivity index (χ1) is 12.6. The smallest absolute Gasteiger partial charge is 0.425 e. The molecule has 0 bridgehead atoms. The first-order valence-electron chi connectivity index (χ1n) is 8.01. The topological polar surface area (TPSA) is 76.8 Å². The quantitative estimate of drug-likeness (QED) is 0.851. The molecule has 0 saturated heterocycles. The fourth-order valence-corrected chi connectivity index (χ4v) is 2.83. The van der Waals surface area contributed by atoms with Crippen LogP contribution in [0.5, 0.6) is 11.5 Å². The molecule has 1 aliphatic rings. The summed E-state index contributed by atoms with van der Waals surface area (Å²) in [7, 11) is 2.68. The number of amides is 1. The Morgan fingerprint density at radius 2 is 2.04 bits per heavy atom. The number of aryl methyl sites for hydroxylation is 1. The third-order valence-electron chi connectivity index (χ3n) is 4.35. The number of rotatable bonds is 5. The lowest BCUT2D eigenvalue weighted by Gasteiger charge is -2.31. The summed E-state index contributed by atoms with van der Waals surface area (Å²) in [6.45, 7) is 0.139. The number of nitrogens with zero attached hydrogens (tertiary/aromatic N) is 3. The van der Waals surface area contributed by atoms with Gasteiger partial charge in [-0.05, 0) is 17.7 Å². The van der Waals surface area contributed by atoms with Gasteiger partial charge in [0, 0.05) is 33.0 Å². The molecule has 0 fully saturated rings. The predicted molar refractivity (Wildman–Crippen MR) is 86.8 cm³/mol. The maximum atomic E-state index is 13.5. The monoisotopic (exact) mass is 385 g/mol. The van der Waals surface area contributed by atoms with Gasteiger partial charge in [-0.2, -0.15) is 13.2 Å². The van der Waals surface area contributed by atoms with E-state index in [9.17, 15) is 23.1 Å². The van der Waals surface area contributed by atoms with Crippen LogP contribution in [0.15, 0.2) is 30.6 Å². The minimum absolute atomic E-state index is 0.0456. The van der Waals surface area contributed by atoms with Gasteiger partial charge in [0.1, 0.15) is 0 Å². The Balaban J connectivity index is 1.76. The highest BCUT2D eigenvalue weighted by Crippen LogP contribution is 2.41. The van der Waals surface area contributed by atoms with Gasteiger partial charge >= 0.3 is 6.18 Å². The average Bonchev–Trinajstić information content (AvgIpc) is 3.21. The molecule has 1 atom stereocenters. The molecule has 7 nitrogen and oxygen atoms in total. The Labute approximate surface area is 152 Å². The van der Waals surface area contributed by atoms with Crippen LogP contribution in [0.4, 0.5) is 13.2 Å². The zero-order valence-electron chi connectivity index (χ0n) is 14.7. The summed E-state index contributed by atoms with van der Waals surface area (Å²) < 4.78 is 52.1. The Hall–Kier alpha value is -2.75. The highest BCUT2D eigenvalue weighted by Gasteiger charge is 2.58. The summed E-state index contributed by atoms with van der Waals surface area (Å²) in [6, 6.07) is 5.00. The first kappa shape index (κ1) is 19.0. The summed E-state index contributed by atoms with van der Waals surface area (Å²) in [5.41, 5.74) is -2.73. The van der Waals surface area contributed by atoms with Crippen LogP contribution in [0.1, 0.15) is 17.8 Å². The molecule has 1 aromatic heterocycles. The number of fused-ring (bicyclic) bond motifs is 1. The number of ether oxygens (including phenoxy) is 2. The van der Waals surface area contributed by atoms with Crippen molar-refractivity contribution in [1.82, 2.24) is 14.5 Å². The van der Waals surface area contributed by atoms with Gasteiger partial charge in [0.2, 0.25) is 18.3 Å². The van der Waals surface area contributed by atoms with Crippen LogP contribution in [-0.2, 0) is 24.0 Å². The van der Waals surface area contributed by atoms with E-state index in [0.717, 1.165) is 15.7 Å². The number of benzene rings is 1. The highest BCUT2D eigenvalue weighted by atomic mass is 19.4. The minimum Gasteiger partial charge on any atom is -0.454 e. The number of alkyl halides is 3. The average molecular weight is 385 g/mol. The molecule has 146 valence electrons. The molecule has 2 aromatic rings. The van der Waals surface area contributed by atoms with E-state index >= 15 is 0 Å². The molecule has 27 heavy (non-hydrogen) atoms. The van der Waals surface area contributed by atoms with Crippen molar-refractivity contribution in [2.24, 2.45) is 7.05 Å². The lowest BCUT2D eigenvalue weighted by Crippen LogP contribution is -2.48. The molecule has 0 unspecified atom stereocenters. The Morgan fingerprint density at radius 3 is 2.67 bits per heavy atom. The summed E-state index contributed by atoms with van der Waals surface area (Å²) in [4.78, 5) is 17.1. The normalized spacial score (nSPS) is 15.5. The molecule has 1 aromatic carbocycles. The molecule has 0 saturated carbocycles. The lowest BCUT2D eigenvalue weighted by molar-refractivity contribution is -0.271. The van der Waals surface area contributed by atoms with Crippen molar-refractivity contribution < 1.29 is 32.5 Å². The molecule has 1 aliphatic heterocycles. The number of imidazole rings is 1. The van der Waals surface area contributed by atoms with Crippen molar-refractivity contribution >= 4 is 5.91 Å². The van der Waals surface area contributed by atoms with E-state index in [-0.39, 0.29) is 13.3 Å². The molecule has 0 radical (unpaired) electrons. The molecule has 0 spiro atoms. The molecule has 10 heteroatoms. The van der Waals surface area contributed by atoms with Gasteiger partial charge in [-0.1, -0.05) is 6.07 Å². The fourth-order valence-electron chi connectivity index (χ4n) is 2.83. The zero-order chi connectivity index (χ0) is 19.8. The third-order valence-corrected chi connectivity index (χ3v) is 4.35. The second kappa shape index (κ2) is 6.76. The van der Waals surface area contributed by atoms with Gasteiger partial charge < -0.3 is 24.0 Å². The number of carbonyl (C=O) groups excluding carboxylic acids is 1. The standard InChI is InChI=1S/C17H18F3N3O4/c1-22-6-5-21-15(22)16(25,17(18,19)20)8-14(24)23(2)9-11-3-4-12-13(7-11)27-10-26-12/h3-7,25H,8-10H2,1-2H3/t16-/m0/s1. The van der Waals surface area contributed by atoms with E-state index in [4.69, 9.17) is 9.47 Å². The number of aromatic nitrogens is 2. The first-order valence-corrected chi connectivity index (χ1v) is 8.01. The van der Waals surface area contributed by atoms with Crippen LogP contribution in [-0.4, -0.2) is 45.5 Å². The Kier molecular flexibility index (Phi) is 4.77. The zero-order valence-corrected chi connectivity index (χ0v) is 14.7. The molecule has 2 heterocycles. The lowest BCUT2D eigenvalue weighted by atomic mass is 9.96. The van der Waals surface area contributed by atoms with Crippen molar-refractivity contribution in [2.45, 2.75) is 24.7 Å². The Bertz CT molecular complexity index is 852. The number of hydrogen-bond donors (Lipinski definition) is 1. The highest BCUT2D eigenvalue weighted by molar-refractivity contribution is 5.77. The van der Waals surface area contributed by atoms with Gasteiger partial charge in [0.15, 0.2) is 17.3 Å². The maximum absolute atomic E-state index is 13.5. The van der Waals surface area contributed by atoms with Crippen LogP contribution in [0.25, 0.3) is 0 Å². The maximum Gasteiger partial charge on any atom is 0.425 e. The Morgan fingerprint density at radius 1 is 1.33 bits per heavy atom. The molecule has 3 rings (SSSR count). The second-order valence-electron chi connectivity index (χ2n) is 6.33. The van der Waals surface area contributed by atoms with Crippen molar-refractivity contribution in [3.8, 4) is 11.5 Å². The number of aliphatic hydroxyl groups is 1. The molecular formula is C17H18F3N3O4. The number of hydrogen-bond acceptors (Lipinski definition) is 5. The molecule has 1 N–H and O–H groups in total. The summed E-state index contributed by atoms with van der Waals surface area (Å²) >= 11 is 0. The van der Waals surface area contributed by atoms with Crippen molar-refractivity contribution in [3.63, 3.8) is 0 Å². The summed E-state index contributed by atoms with van der Waals surface area (Å²) in [5, 5.41) is 10.3. The fraction of sp³-hybridized carbons (Fsp3) is 0.412. The third kappa shape index (κ3) is 3.57. The number of carbonyl (C=O) groups is 1. The van der Waals surface area contributed by atoms with Crippen LogP contribution in [0.3, 0.4) is 0 Å². The van der Waals surface area contributed by atoms with Crippen molar-refractivity contribution in [3.05, 3.63) is 42.0 Å². The molecule has 0 aliphatic carbocycles. The largest absolute Gasteiger partial charge is 0.454 e. The summed E-state index contributed by atoms with van der Waals surface area (Å²) in [5.74, 6) is -0.447. The van der Waals surface area contributed by atoms with Crippen LogP contribution in [0, 0.1) is 0 Å². The number of halogens is 3. The molecule has 1 amide bonds. The van der Waals surface area contributed by atoms with Crippen LogP contribution in [0.2, 0.25) is 0 Å². The van der Waals surface area contributed by atoms with Gasteiger partial charge in [0.05, 0.1) is 6.42 Å². The van der Waals surface area contributed by atoms with Crippen molar-refractivity contribution in [2.75, 3.05) is 13.8 Å². The van der Waals surface area contributed by atoms with E-state index in [1.165, 1.54) is 20.3 Å². The van der Waals surface area contributed by atoms with E-state index in [0.29, 0.717) is 17.1 Å². The van der Waals surface area contributed by atoms with Crippen LogP contribution >= 0.6 is 0 Å².